The average Bonchev–Trinajstić information content (AvgIpc) is 2.49. The first-order valence-electron chi connectivity index (χ1n) is 8.45. The van der Waals surface area contributed by atoms with Gasteiger partial charge in [-0.25, -0.2) is 13.1 Å². The molecule has 7 heteroatoms. The average molecular weight is 396 g/mol. The Hall–Kier alpha value is -0.330. The summed E-state index contributed by atoms with van der Waals surface area (Å²) in [6.07, 6.45) is 1.76. The molecule has 138 valence electrons. The van der Waals surface area contributed by atoms with Crippen molar-refractivity contribution in [3.8, 4) is 0 Å². The third-order valence-corrected chi connectivity index (χ3v) is 7.13. The minimum Gasteiger partial charge on any atom is -0.335 e. The van der Waals surface area contributed by atoms with Crippen LogP contribution in [0.25, 0.3) is 0 Å². The summed E-state index contributed by atoms with van der Waals surface area (Å²) in [4.78, 5) is 1.62. The number of rotatable bonds is 9. The smallest absolute Gasteiger partial charge is 0.242 e. The zero-order chi connectivity index (χ0) is 18.5. The Morgan fingerprint density at radius 3 is 2.33 bits per heavy atom. The van der Waals surface area contributed by atoms with E-state index in [2.05, 4.69) is 18.6 Å². The molecule has 0 fully saturated rings. The SMILES string of the molecule is CC[NH+](CC)CCC[C@@H](C)NS(=O)(=O)c1c(C)c(Cl)cc(C)c1Cl. The molecule has 0 aromatic heterocycles. The number of aryl methyl sites for hydroxylation is 1. The number of benzene rings is 1. The van der Waals surface area contributed by atoms with Crippen molar-refractivity contribution in [1.29, 1.82) is 0 Å². The van der Waals surface area contributed by atoms with Gasteiger partial charge in [-0.3, -0.25) is 0 Å². The van der Waals surface area contributed by atoms with E-state index in [9.17, 15) is 8.42 Å². The van der Waals surface area contributed by atoms with Crippen molar-refractivity contribution in [3.63, 3.8) is 0 Å². The van der Waals surface area contributed by atoms with Gasteiger partial charge in [-0.1, -0.05) is 23.2 Å². The van der Waals surface area contributed by atoms with Gasteiger partial charge < -0.3 is 4.90 Å². The quantitative estimate of drug-likeness (QED) is 0.674. The summed E-state index contributed by atoms with van der Waals surface area (Å²) in [7, 11) is -3.70. The molecule has 1 rings (SSSR count). The molecule has 4 nitrogen and oxygen atoms in total. The summed E-state index contributed by atoms with van der Waals surface area (Å²) in [5.41, 5.74) is 1.14. The number of halogens is 2. The Balaban J connectivity index is 2.84. The number of hydrogen-bond donors (Lipinski definition) is 2. The van der Waals surface area contributed by atoms with Gasteiger partial charge in [0, 0.05) is 11.1 Å². The summed E-state index contributed by atoms with van der Waals surface area (Å²) in [6, 6.07) is 1.54. The molecule has 2 N–H and O–H groups in total. The molecule has 0 saturated heterocycles. The molecule has 0 bridgehead atoms. The van der Waals surface area contributed by atoms with Crippen molar-refractivity contribution in [2.24, 2.45) is 0 Å². The fourth-order valence-corrected chi connectivity index (χ4v) is 5.27. The number of sulfonamides is 1. The van der Waals surface area contributed by atoms with Gasteiger partial charge in [0.05, 0.1) is 24.7 Å². The lowest BCUT2D eigenvalue weighted by Crippen LogP contribution is -3.11. The van der Waals surface area contributed by atoms with Crippen molar-refractivity contribution < 1.29 is 13.3 Å². The number of hydrogen-bond acceptors (Lipinski definition) is 2. The Kier molecular flexibility index (Phi) is 8.50. The van der Waals surface area contributed by atoms with Crippen LogP contribution < -0.4 is 9.62 Å². The second kappa shape index (κ2) is 9.39. The number of nitrogens with one attached hydrogen (secondary N) is 2. The molecule has 0 spiro atoms. The maximum atomic E-state index is 12.7. The summed E-state index contributed by atoms with van der Waals surface area (Å²) in [5.74, 6) is 0. The maximum Gasteiger partial charge on any atom is 0.242 e. The van der Waals surface area contributed by atoms with Gasteiger partial charge in [0.1, 0.15) is 4.90 Å². The summed E-state index contributed by atoms with van der Waals surface area (Å²) in [5, 5.41) is 0.652. The molecule has 0 unspecified atom stereocenters. The first kappa shape index (κ1) is 21.7. The topological polar surface area (TPSA) is 50.6 Å². The molecule has 0 radical (unpaired) electrons. The molecule has 0 aliphatic carbocycles. The van der Waals surface area contributed by atoms with E-state index in [0.717, 1.165) is 32.5 Å². The lowest BCUT2D eigenvalue weighted by molar-refractivity contribution is -0.896. The molecule has 1 aromatic carbocycles. The first-order chi connectivity index (χ1) is 11.1. The monoisotopic (exact) mass is 395 g/mol. The first-order valence-corrected chi connectivity index (χ1v) is 10.7. The predicted octanol–water partition coefficient (Wildman–Crippen LogP) is 2.98. The second-order valence-corrected chi connectivity index (χ2v) is 8.75. The molecule has 0 aliphatic heterocycles. The summed E-state index contributed by atoms with van der Waals surface area (Å²) < 4.78 is 28.2. The van der Waals surface area contributed by atoms with E-state index >= 15 is 0 Å². The lowest BCUT2D eigenvalue weighted by atomic mass is 10.2. The lowest BCUT2D eigenvalue weighted by Gasteiger charge is -2.19. The van der Waals surface area contributed by atoms with Crippen LogP contribution in [0.1, 0.15) is 44.7 Å². The van der Waals surface area contributed by atoms with Gasteiger partial charge in [0.15, 0.2) is 0 Å². The molecule has 1 aromatic rings. The van der Waals surface area contributed by atoms with Crippen LogP contribution in [0, 0.1) is 13.8 Å². The fourth-order valence-electron chi connectivity index (χ4n) is 2.78. The molecule has 24 heavy (non-hydrogen) atoms. The Bertz CT molecular complexity index is 633. The molecule has 1 atom stereocenters. The molecule has 0 saturated carbocycles. The summed E-state index contributed by atoms with van der Waals surface area (Å²) in [6.45, 7) is 12.9. The van der Waals surface area contributed by atoms with Crippen LogP contribution in [0.15, 0.2) is 11.0 Å². The highest BCUT2D eigenvalue weighted by Gasteiger charge is 2.25. The molecule has 0 amide bonds. The second-order valence-electron chi connectivity index (χ2n) is 6.32. The summed E-state index contributed by atoms with van der Waals surface area (Å²) >= 11 is 12.4. The van der Waals surface area contributed by atoms with Crippen LogP contribution in [0.5, 0.6) is 0 Å². The van der Waals surface area contributed by atoms with Gasteiger partial charge in [-0.15, -0.1) is 0 Å². The number of quaternary nitrogens is 1. The fraction of sp³-hybridized carbons (Fsp3) is 0.647. The van der Waals surface area contributed by atoms with E-state index in [-0.39, 0.29) is 16.0 Å². The van der Waals surface area contributed by atoms with Gasteiger partial charge in [0.2, 0.25) is 10.0 Å². The van der Waals surface area contributed by atoms with Gasteiger partial charge in [-0.05, 0) is 64.7 Å². The standard InChI is InChI=1S/C17H28Cl2N2O2S/c1-6-21(7-2)10-8-9-13(4)20-24(22,23)17-14(5)15(18)11-12(3)16(17)19/h11,13,20H,6-10H2,1-5H3/p+1/t13-/m1/s1. The van der Waals surface area contributed by atoms with E-state index < -0.39 is 10.0 Å². The van der Waals surface area contributed by atoms with Crippen LogP contribution in [0.2, 0.25) is 10.0 Å². The largest absolute Gasteiger partial charge is 0.335 e. The van der Waals surface area contributed by atoms with Crippen molar-refractivity contribution in [3.05, 3.63) is 27.2 Å². The van der Waals surface area contributed by atoms with Crippen LogP contribution >= 0.6 is 23.2 Å². The van der Waals surface area contributed by atoms with E-state index in [0.29, 0.717) is 16.1 Å². The van der Waals surface area contributed by atoms with E-state index in [1.54, 1.807) is 19.9 Å². The van der Waals surface area contributed by atoms with Crippen molar-refractivity contribution >= 4 is 33.2 Å². The third kappa shape index (κ3) is 5.60. The Labute approximate surface area is 156 Å². The zero-order valence-electron chi connectivity index (χ0n) is 15.2. The van der Waals surface area contributed by atoms with Gasteiger partial charge in [-0.2, -0.15) is 0 Å². The van der Waals surface area contributed by atoms with Crippen molar-refractivity contribution in [1.82, 2.24) is 4.72 Å². The molecule has 0 heterocycles. The van der Waals surface area contributed by atoms with E-state index in [1.807, 2.05) is 6.92 Å². The van der Waals surface area contributed by atoms with E-state index in [4.69, 9.17) is 23.2 Å². The normalized spacial score (nSPS) is 13.5. The Morgan fingerprint density at radius 2 is 1.79 bits per heavy atom. The van der Waals surface area contributed by atoms with Crippen LogP contribution in [0.4, 0.5) is 0 Å². The molecular weight excluding hydrogens is 367 g/mol. The highest BCUT2D eigenvalue weighted by Crippen LogP contribution is 2.33. The molecule has 0 aliphatic rings. The highest BCUT2D eigenvalue weighted by atomic mass is 35.5. The predicted molar refractivity (Wildman–Crippen MR) is 102 cm³/mol. The minimum absolute atomic E-state index is 0.0929. The Morgan fingerprint density at radius 1 is 1.21 bits per heavy atom. The van der Waals surface area contributed by atoms with Gasteiger partial charge in [0.25, 0.3) is 0 Å². The van der Waals surface area contributed by atoms with Gasteiger partial charge >= 0.3 is 0 Å². The van der Waals surface area contributed by atoms with E-state index in [1.165, 1.54) is 4.90 Å². The minimum atomic E-state index is -3.70. The van der Waals surface area contributed by atoms with Crippen LogP contribution in [-0.2, 0) is 10.0 Å². The highest BCUT2D eigenvalue weighted by molar-refractivity contribution is 7.89. The van der Waals surface area contributed by atoms with Crippen molar-refractivity contribution in [2.45, 2.75) is 58.4 Å². The van der Waals surface area contributed by atoms with Crippen LogP contribution in [-0.4, -0.2) is 34.1 Å². The van der Waals surface area contributed by atoms with Crippen molar-refractivity contribution in [2.75, 3.05) is 19.6 Å². The van der Waals surface area contributed by atoms with Crippen LogP contribution in [0.3, 0.4) is 0 Å². The zero-order valence-corrected chi connectivity index (χ0v) is 17.5. The molecular formula is C17H29Cl2N2O2S+. The maximum absolute atomic E-state index is 12.7. The third-order valence-electron chi connectivity index (χ3n) is 4.38.